The molecule has 3 saturated carbocycles. The van der Waals surface area contributed by atoms with E-state index in [2.05, 4.69) is 33.1 Å². The van der Waals surface area contributed by atoms with Crippen LogP contribution >= 0.6 is 0 Å². The molecule has 0 aliphatic heterocycles. The summed E-state index contributed by atoms with van der Waals surface area (Å²) < 4.78 is 0. The van der Waals surface area contributed by atoms with E-state index in [4.69, 9.17) is 4.99 Å². The van der Waals surface area contributed by atoms with Gasteiger partial charge in [-0.15, -0.1) is 0 Å². The molecule has 3 aliphatic carbocycles. The SMILES string of the molecule is C=C/C(C)=C(\NC(CC)=N/C=C1\C2CCC(CC2)CC1C(=O)O)c1[nH]nc2ncc(C)cc12. The Kier molecular flexibility index (Phi) is 6.77. The topological polar surface area (TPSA) is 103 Å². The van der Waals surface area contributed by atoms with Crippen molar-refractivity contribution >= 4 is 28.5 Å². The van der Waals surface area contributed by atoms with Crippen molar-refractivity contribution in [2.24, 2.45) is 22.7 Å². The lowest BCUT2D eigenvalue weighted by molar-refractivity contribution is -0.140. The van der Waals surface area contributed by atoms with Crippen LogP contribution in [0.25, 0.3) is 16.7 Å². The van der Waals surface area contributed by atoms with Gasteiger partial charge in [0.15, 0.2) is 5.65 Å². The van der Waals surface area contributed by atoms with Crippen molar-refractivity contribution in [3.8, 4) is 0 Å². The molecular weight excluding hydrogens is 414 g/mol. The Labute approximate surface area is 194 Å². The van der Waals surface area contributed by atoms with Gasteiger partial charge < -0.3 is 10.4 Å². The lowest BCUT2D eigenvalue weighted by Crippen LogP contribution is -2.23. The minimum absolute atomic E-state index is 0.322. The van der Waals surface area contributed by atoms with E-state index >= 15 is 0 Å². The Balaban J connectivity index is 1.70. The van der Waals surface area contributed by atoms with E-state index in [1.807, 2.05) is 27.0 Å². The first-order chi connectivity index (χ1) is 15.9. The van der Waals surface area contributed by atoms with Crippen molar-refractivity contribution in [1.82, 2.24) is 20.5 Å². The van der Waals surface area contributed by atoms with E-state index in [1.54, 1.807) is 12.3 Å². The van der Waals surface area contributed by atoms with Crippen molar-refractivity contribution in [3.63, 3.8) is 0 Å². The van der Waals surface area contributed by atoms with Crippen molar-refractivity contribution in [2.45, 2.75) is 59.3 Å². The van der Waals surface area contributed by atoms with E-state index in [0.29, 0.717) is 23.9 Å². The van der Waals surface area contributed by atoms with Crippen LogP contribution in [0.1, 0.15) is 63.6 Å². The highest BCUT2D eigenvalue weighted by atomic mass is 16.4. The number of H-pyrrole nitrogens is 1. The average Bonchev–Trinajstić information content (AvgIpc) is 3.03. The molecule has 0 amide bonds. The van der Waals surface area contributed by atoms with Crippen LogP contribution in [0.3, 0.4) is 0 Å². The van der Waals surface area contributed by atoms with Gasteiger partial charge in [-0.2, -0.15) is 5.10 Å². The Hall–Kier alpha value is -3.22. The Morgan fingerprint density at radius 2 is 2.12 bits per heavy atom. The van der Waals surface area contributed by atoms with E-state index in [9.17, 15) is 9.90 Å². The predicted octanol–water partition coefficient (Wildman–Crippen LogP) is 5.38. The van der Waals surface area contributed by atoms with E-state index in [1.165, 1.54) is 0 Å². The van der Waals surface area contributed by atoms with Gasteiger partial charge in [-0.05, 0) is 80.6 Å². The lowest BCUT2D eigenvalue weighted by Gasteiger charge is -2.23. The molecule has 0 spiro atoms. The zero-order valence-electron chi connectivity index (χ0n) is 19.7. The summed E-state index contributed by atoms with van der Waals surface area (Å²) in [4.78, 5) is 21.2. The summed E-state index contributed by atoms with van der Waals surface area (Å²) in [6.07, 6.45) is 11.2. The highest BCUT2D eigenvalue weighted by Gasteiger charge is 2.37. The summed E-state index contributed by atoms with van der Waals surface area (Å²) in [5, 5.41) is 21.8. The number of fused-ring (bicyclic) bond motifs is 5. The maximum absolute atomic E-state index is 12.0. The van der Waals surface area contributed by atoms with E-state index < -0.39 is 11.9 Å². The molecule has 0 saturated heterocycles. The van der Waals surface area contributed by atoms with E-state index in [-0.39, 0.29) is 0 Å². The molecule has 3 fully saturated rings. The predicted molar refractivity (Wildman–Crippen MR) is 132 cm³/mol. The van der Waals surface area contributed by atoms with Crippen molar-refractivity contribution in [3.05, 3.63) is 53.5 Å². The summed E-state index contributed by atoms with van der Waals surface area (Å²) >= 11 is 0. The van der Waals surface area contributed by atoms with Gasteiger partial charge >= 0.3 is 5.97 Å². The van der Waals surface area contributed by atoms with Gasteiger partial charge in [0.2, 0.25) is 0 Å². The normalized spacial score (nSPS) is 25.1. The lowest BCUT2D eigenvalue weighted by atomic mass is 9.82. The highest BCUT2D eigenvalue weighted by molar-refractivity contribution is 5.97. The van der Waals surface area contributed by atoms with Crippen molar-refractivity contribution < 1.29 is 9.90 Å². The Morgan fingerprint density at radius 1 is 1.36 bits per heavy atom. The molecule has 3 aliphatic rings. The maximum atomic E-state index is 12.0. The fourth-order valence-electron chi connectivity index (χ4n) is 5.09. The molecule has 3 N–H and O–H groups in total. The quantitative estimate of drug-likeness (QED) is 0.313. The second-order valence-corrected chi connectivity index (χ2v) is 9.27. The summed E-state index contributed by atoms with van der Waals surface area (Å²) in [5.74, 6) is 0.460. The largest absolute Gasteiger partial charge is 0.481 e. The van der Waals surface area contributed by atoms with Crippen LogP contribution in [-0.4, -0.2) is 32.1 Å². The number of aliphatic carboxylic acids is 1. The van der Waals surface area contributed by atoms with Crippen molar-refractivity contribution in [1.29, 1.82) is 0 Å². The first-order valence-electron chi connectivity index (χ1n) is 11.8. The standard InChI is InChI=1S/C26H33N5O2/c1-5-16(4)23(24-20-11-15(3)13-28-25(20)31-30-24)29-22(6-2)27-14-21-18-9-7-17(8-10-18)12-19(21)26(32)33/h5,11,13-14,17-19H,1,6-10,12H2,2-4H3,(H,27,29)(H,32,33)(H,28,30,31)/b21-14+,23-16-. The van der Waals surface area contributed by atoms with Gasteiger partial charge in [0.1, 0.15) is 5.84 Å². The summed E-state index contributed by atoms with van der Waals surface area (Å²) in [5.41, 5.74) is 5.32. The number of hydrogen-bond acceptors (Lipinski definition) is 4. The molecule has 7 nitrogen and oxygen atoms in total. The molecule has 1 unspecified atom stereocenters. The molecule has 2 aromatic heterocycles. The van der Waals surface area contributed by atoms with Gasteiger partial charge in [-0.1, -0.05) is 19.6 Å². The molecule has 2 aromatic rings. The fraction of sp³-hybridized carbons (Fsp3) is 0.462. The van der Waals surface area contributed by atoms with Crippen LogP contribution in [-0.2, 0) is 4.79 Å². The number of nitrogens with one attached hydrogen (secondary N) is 2. The molecule has 0 aromatic carbocycles. The average molecular weight is 448 g/mol. The highest BCUT2D eigenvalue weighted by Crippen LogP contribution is 2.45. The number of aliphatic imine (C=N–C) groups is 1. The fourth-order valence-corrected chi connectivity index (χ4v) is 5.09. The zero-order valence-corrected chi connectivity index (χ0v) is 19.7. The molecule has 0 radical (unpaired) electrons. The zero-order chi connectivity index (χ0) is 23.5. The molecule has 33 heavy (non-hydrogen) atoms. The molecule has 7 heteroatoms. The van der Waals surface area contributed by atoms with Gasteiger partial charge in [-0.25, -0.2) is 9.98 Å². The number of aromatic amines is 1. The monoisotopic (exact) mass is 447 g/mol. The first kappa shape index (κ1) is 23.0. The van der Waals surface area contributed by atoms with Crippen LogP contribution in [0.15, 0.2) is 47.3 Å². The number of carbonyl (C=O) groups is 1. The van der Waals surface area contributed by atoms with Crippen molar-refractivity contribution in [2.75, 3.05) is 0 Å². The second-order valence-electron chi connectivity index (χ2n) is 9.27. The minimum atomic E-state index is -0.726. The number of carboxylic acid groups (broad SMARTS) is 1. The Morgan fingerprint density at radius 3 is 2.79 bits per heavy atom. The number of nitrogens with zero attached hydrogens (tertiary/aromatic N) is 3. The smallest absolute Gasteiger partial charge is 0.310 e. The summed E-state index contributed by atoms with van der Waals surface area (Å²) in [7, 11) is 0. The van der Waals surface area contributed by atoms with Crippen LogP contribution in [0.4, 0.5) is 0 Å². The number of aromatic nitrogens is 3. The second kappa shape index (κ2) is 9.73. The summed E-state index contributed by atoms with van der Waals surface area (Å²) in [6.45, 7) is 9.97. The van der Waals surface area contributed by atoms with Gasteiger partial charge in [0.05, 0.1) is 17.3 Å². The van der Waals surface area contributed by atoms with Crippen LogP contribution < -0.4 is 5.32 Å². The number of allylic oxidation sites excluding steroid dienone is 2. The third kappa shape index (κ3) is 4.77. The molecule has 1 atom stereocenters. The number of pyridine rings is 1. The summed E-state index contributed by atoms with van der Waals surface area (Å²) in [6, 6.07) is 2.06. The van der Waals surface area contributed by atoms with Gasteiger partial charge in [0, 0.05) is 24.2 Å². The first-order valence-corrected chi connectivity index (χ1v) is 11.8. The third-order valence-corrected chi connectivity index (χ3v) is 7.06. The maximum Gasteiger partial charge on any atom is 0.310 e. The molecular formula is C26H33N5O2. The number of aryl methyl sites for hydroxylation is 1. The molecule has 174 valence electrons. The molecule has 5 rings (SSSR count). The van der Waals surface area contributed by atoms with Crippen LogP contribution in [0.2, 0.25) is 0 Å². The molecule has 2 heterocycles. The third-order valence-electron chi connectivity index (χ3n) is 7.06. The van der Waals surface area contributed by atoms with Crippen LogP contribution in [0.5, 0.6) is 0 Å². The number of hydrogen-bond donors (Lipinski definition) is 3. The minimum Gasteiger partial charge on any atom is -0.481 e. The number of amidine groups is 1. The van der Waals surface area contributed by atoms with E-state index in [0.717, 1.165) is 71.4 Å². The number of rotatable bonds is 6. The van der Waals surface area contributed by atoms with Gasteiger partial charge in [-0.3, -0.25) is 9.89 Å². The molecule has 2 bridgehead atoms. The number of carboxylic acids is 1. The van der Waals surface area contributed by atoms with Crippen LogP contribution in [0, 0.1) is 24.7 Å². The Bertz CT molecular complexity index is 1150. The van der Waals surface area contributed by atoms with Gasteiger partial charge in [0.25, 0.3) is 0 Å².